The predicted octanol–water partition coefficient (Wildman–Crippen LogP) is 9.06. The van der Waals surface area contributed by atoms with E-state index in [1.54, 1.807) is 0 Å². The molecule has 0 saturated heterocycles. The van der Waals surface area contributed by atoms with Crippen molar-refractivity contribution in [3.63, 3.8) is 0 Å². The fourth-order valence-electron chi connectivity index (χ4n) is 17.3. The number of ether oxygens (including phenoxy) is 16. The van der Waals surface area contributed by atoms with Gasteiger partial charge in [0.15, 0.2) is 45.9 Å². The van der Waals surface area contributed by atoms with Gasteiger partial charge in [0.25, 0.3) is 0 Å². The average molecular weight is 1970 g/mol. The topological polar surface area (TPSA) is 386 Å². The number of hydrogen-bond acceptors (Lipinski definition) is 38. The van der Waals surface area contributed by atoms with Gasteiger partial charge in [0.2, 0.25) is 0 Å². The molecule has 11 aromatic rings. The number of aromatic amines is 2. The molecule has 0 aromatic carbocycles. The van der Waals surface area contributed by atoms with Gasteiger partial charge in [0.05, 0.1) is 309 Å². The SMILES string of the molecule is c1ccc(CN2CCOCCOCCOCCOCCN(Cc3ccccn3)C3=C2c2nc3nc3[nH]c(nc4nc(nc5[nH]c(n2)c2c5N(Cc5ccccn5)CCOCCOCCOCCOCCN2Cc2ccccn2)C2=C4N(Cc4ccccn4)CCOCCOCCOCCOCCN2Cc2ccccn2)c2c3N(Cc3ccccn3)CCOCCOCCOCCOCCN2Cc2ccccn2)nc1. The molecule has 17 rings (SSSR count). The molecule has 762 valence electrons. The second-order valence-corrected chi connectivity index (χ2v) is 34.1. The number of pyridine rings is 8. The van der Waals surface area contributed by atoms with Crippen LogP contribution in [0.2, 0.25) is 0 Å². The molecule has 17 heterocycles. The van der Waals surface area contributed by atoms with Crippen LogP contribution >= 0.6 is 0 Å². The highest BCUT2D eigenvalue weighted by Gasteiger charge is 2.39. The molecule has 8 bridgehead atoms. The van der Waals surface area contributed by atoms with Crippen LogP contribution in [0.4, 0.5) is 22.7 Å². The minimum atomic E-state index is 0.194. The van der Waals surface area contributed by atoms with Gasteiger partial charge in [0, 0.05) is 102 Å². The summed E-state index contributed by atoms with van der Waals surface area (Å²) >= 11 is 0. The van der Waals surface area contributed by atoms with E-state index in [1.807, 2.05) is 195 Å². The summed E-state index contributed by atoms with van der Waals surface area (Å²) in [6.45, 7) is 12.7. The highest BCUT2D eigenvalue weighted by molar-refractivity contribution is 5.99. The lowest BCUT2D eigenvalue weighted by Crippen LogP contribution is -2.33. The first kappa shape index (κ1) is 103. The zero-order valence-electron chi connectivity index (χ0n) is 81.8. The maximum Gasteiger partial charge on any atom is 0.182 e. The highest BCUT2D eigenvalue weighted by atomic mass is 16.6. The van der Waals surface area contributed by atoms with Crippen molar-refractivity contribution in [3.8, 4) is 0 Å². The van der Waals surface area contributed by atoms with E-state index in [0.29, 0.717) is 174 Å². The summed E-state index contributed by atoms with van der Waals surface area (Å²) in [5, 5.41) is 0. The zero-order chi connectivity index (χ0) is 97.7. The van der Waals surface area contributed by atoms with Gasteiger partial charge in [-0.05, 0) is 97.1 Å². The minimum absolute atomic E-state index is 0.194. The van der Waals surface area contributed by atoms with Crippen LogP contribution in [0.3, 0.4) is 0 Å². The summed E-state index contributed by atoms with van der Waals surface area (Å²) in [6, 6.07) is 47.5. The van der Waals surface area contributed by atoms with Crippen LogP contribution in [-0.4, -0.2) is 363 Å². The summed E-state index contributed by atoms with van der Waals surface area (Å²) in [7, 11) is 0. The normalized spacial score (nSPS) is 18.2. The first-order valence-electron chi connectivity index (χ1n) is 49.8. The molecule has 144 heavy (non-hydrogen) atoms. The molecule has 0 fully saturated rings. The number of H-pyrrole nitrogens is 2. The van der Waals surface area contributed by atoms with Crippen molar-refractivity contribution < 1.29 is 75.8 Å². The molecule has 0 atom stereocenters. The Hall–Kier alpha value is -12.7. The Morgan fingerprint density at radius 3 is 0.451 bits per heavy atom. The van der Waals surface area contributed by atoms with Gasteiger partial charge in [-0.2, -0.15) is 0 Å². The Kier molecular flexibility index (Phi) is 40.7. The standard InChI is InChI=1S/C104H130N24O16/c1-9-25-105-81(17-1)73-121-33-41-129-49-57-137-65-66-138-58-50-130-42-34-122(74-82-18-2-10-26-106-82)90-89(121)97-113-98(90)118-100-93-94(126(78-86-22-6-14-30-110-86)38-46-134-54-62-142-70-69-141-61-53-133-45-37-125(93)77-85-21-5-13-29-109-85)102(115-100)120-104-96-95(127(79-87-23-7-15-31-111-87)39-47-135-55-63-143-71-72-144-64-56-136-48-40-128(96)80-88-24-8-16-32-112-88)103(116-104)119-101-92-91(99(114-101)117-97)123(75-83-19-3-11-27-107-83)35-43-131-51-59-139-67-68-140-60-52-132-44-36-124(92)76-84-20-4-12-28-108-84/h1-32H,33-80H2,(H2,113,114,115,116,117,118,119,120). The van der Waals surface area contributed by atoms with Crippen molar-refractivity contribution in [3.05, 3.63) is 264 Å². The molecule has 2 N–H and O–H groups in total. The number of hydrogen-bond donors (Lipinski definition) is 2. The van der Waals surface area contributed by atoms with Crippen molar-refractivity contribution >= 4 is 68.1 Å². The van der Waals surface area contributed by atoms with Crippen molar-refractivity contribution in [2.24, 2.45) is 0 Å². The maximum atomic E-state index is 6.75. The molecule has 40 nitrogen and oxygen atoms in total. The minimum Gasteiger partial charge on any atom is -0.377 e. The van der Waals surface area contributed by atoms with E-state index in [-0.39, 0.29) is 234 Å². The van der Waals surface area contributed by atoms with Gasteiger partial charge in [0.1, 0.15) is 45.5 Å². The molecular weight excluding hydrogens is 1840 g/mol. The molecule has 11 aromatic heterocycles. The summed E-state index contributed by atoms with van der Waals surface area (Å²) in [6.07, 6.45) is 14.5. The van der Waals surface area contributed by atoms with Crippen LogP contribution in [0.15, 0.2) is 195 Å². The number of nitrogens with one attached hydrogen (secondary N) is 2. The van der Waals surface area contributed by atoms with Gasteiger partial charge in [-0.15, -0.1) is 0 Å². The molecule has 6 aliphatic rings. The maximum absolute atomic E-state index is 6.75. The number of rotatable bonds is 16. The zero-order valence-corrected chi connectivity index (χ0v) is 81.8. The van der Waals surface area contributed by atoms with Gasteiger partial charge in [-0.1, -0.05) is 48.5 Å². The predicted molar refractivity (Wildman–Crippen MR) is 539 cm³/mol. The van der Waals surface area contributed by atoms with Crippen molar-refractivity contribution in [1.82, 2.24) is 99.3 Å². The van der Waals surface area contributed by atoms with E-state index in [4.69, 9.17) is 146 Å². The second kappa shape index (κ2) is 57.1. The van der Waals surface area contributed by atoms with Gasteiger partial charge >= 0.3 is 0 Å². The van der Waals surface area contributed by atoms with Gasteiger partial charge in [-0.3, -0.25) is 39.9 Å². The van der Waals surface area contributed by atoms with Gasteiger partial charge < -0.3 is 125 Å². The van der Waals surface area contributed by atoms with Crippen molar-refractivity contribution in [1.29, 1.82) is 0 Å². The van der Waals surface area contributed by atoms with Gasteiger partial charge in [-0.25, -0.2) is 29.9 Å². The summed E-state index contributed by atoms with van der Waals surface area (Å²) in [4.78, 5) is 105. The Labute approximate surface area is 838 Å². The van der Waals surface area contributed by atoms with Crippen LogP contribution in [-0.2, 0) is 128 Å². The fourth-order valence-corrected chi connectivity index (χ4v) is 17.3. The number of anilines is 4. The van der Waals surface area contributed by atoms with E-state index < -0.39 is 0 Å². The molecule has 6 aliphatic heterocycles. The first-order valence-corrected chi connectivity index (χ1v) is 49.8. The largest absolute Gasteiger partial charge is 0.377 e. The lowest BCUT2D eigenvalue weighted by Gasteiger charge is -2.32. The Bertz CT molecular complexity index is 5160. The Morgan fingerprint density at radius 2 is 0.306 bits per heavy atom. The number of aromatic nitrogens is 16. The molecular formula is C104H130N24O16. The molecule has 0 radical (unpaired) electrons. The lowest BCUT2D eigenvalue weighted by atomic mass is 10.2. The quantitative estimate of drug-likeness (QED) is 0.0910. The molecule has 40 heteroatoms. The van der Waals surface area contributed by atoms with Crippen molar-refractivity contribution in [2.75, 3.05) is 283 Å². The van der Waals surface area contributed by atoms with E-state index >= 15 is 0 Å². The van der Waals surface area contributed by atoms with E-state index in [2.05, 4.69) is 49.2 Å². The lowest BCUT2D eigenvalue weighted by molar-refractivity contribution is -0.00439. The highest BCUT2D eigenvalue weighted by Crippen LogP contribution is 2.45. The number of nitrogens with zero attached hydrogens (tertiary/aromatic N) is 22. The summed E-state index contributed by atoms with van der Waals surface area (Å²) in [5.41, 5.74) is 11.6. The van der Waals surface area contributed by atoms with Crippen LogP contribution in [0.1, 0.15) is 68.8 Å². The molecule has 0 unspecified atom stereocenters. The Balaban J connectivity index is 1.09. The number of fused-ring (bicyclic) bond motifs is 18. The van der Waals surface area contributed by atoms with Crippen LogP contribution in [0.25, 0.3) is 45.4 Å². The average Bonchev–Trinajstić information content (AvgIpc) is 1.58. The van der Waals surface area contributed by atoms with Crippen molar-refractivity contribution in [2.45, 2.75) is 52.4 Å². The fraction of sp³-hybridized carbons (Fsp3) is 0.462. The third kappa shape index (κ3) is 30.7. The third-order valence-corrected chi connectivity index (χ3v) is 24.1. The molecule has 0 saturated carbocycles. The molecule has 0 aliphatic carbocycles. The smallest absolute Gasteiger partial charge is 0.182 e. The van der Waals surface area contributed by atoms with Crippen LogP contribution in [0, 0.1) is 0 Å². The molecule has 0 amide bonds. The monoisotopic (exact) mass is 1970 g/mol. The second-order valence-electron chi connectivity index (χ2n) is 34.1. The van der Waals surface area contributed by atoms with E-state index in [0.717, 1.165) is 45.6 Å². The summed E-state index contributed by atoms with van der Waals surface area (Å²) in [5.74, 6) is 0.906. The van der Waals surface area contributed by atoms with E-state index in [1.165, 1.54) is 0 Å². The summed E-state index contributed by atoms with van der Waals surface area (Å²) < 4.78 is 103. The van der Waals surface area contributed by atoms with Crippen LogP contribution < -0.4 is 19.6 Å². The Morgan fingerprint density at radius 1 is 0.167 bits per heavy atom. The van der Waals surface area contributed by atoms with Crippen LogP contribution in [0.5, 0.6) is 0 Å². The first-order chi connectivity index (χ1) is 71.5. The third-order valence-electron chi connectivity index (χ3n) is 24.1. The van der Waals surface area contributed by atoms with E-state index in [9.17, 15) is 0 Å². The molecule has 0 spiro atoms.